The highest BCUT2D eigenvalue weighted by molar-refractivity contribution is 8.17. The number of aliphatic imine (C=N–C) groups is 1. The van der Waals surface area contributed by atoms with Gasteiger partial charge >= 0.3 is 0 Å². The van der Waals surface area contributed by atoms with Crippen LogP contribution in [0.2, 0.25) is 5.02 Å². The lowest BCUT2D eigenvalue weighted by atomic mass is 9.98. The van der Waals surface area contributed by atoms with E-state index >= 15 is 0 Å². The molecule has 3 heterocycles. The second kappa shape index (κ2) is 8.78. The largest absolute Gasteiger partial charge is 0.458 e. The minimum Gasteiger partial charge on any atom is -0.458 e. The van der Waals surface area contributed by atoms with Gasteiger partial charge in [0.1, 0.15) is 34.4 Å². The van der Waals surface area contributed by atoms with E-state index in [1.54, 1.807) is 36.1 Å². The lowest BCUT2D eigenvalue weighted by Gasteiger charge is -2.33. The van der Waals surface area contributed by atoms with Crippen molar-refractivity contribution in [3.63, 3.8) is 0 Å². The zero-order valence-electron chi connectivity index (χ0n) is 17.9. The van der Waals surface area contributed by atoms with Gasteiger partial charge in [0.25, 0.3) is 5.91 Å². The van der Waals surface area contributed by atoms with E-state index in [9.17, 15) is 10.1 Å². The number of para-hydroxylation sites is 1. The van der Waals surface area contributed by atoms with E-state index in [4.69, 9.17) is 21.8 Å². The average Bonchev–Trinajstić information content (AvgIpc) is 3.44. The van der Waals surface area contributed by atoms with Crippen LogP contribution in [0.15, 0.2) is 98.1 Å². The Morgan fingerprint density at radius 3 is 2.62 bits per heavy atom. The van der Waals surface area contributed by atoms with E-state index in [-0.39, 0.29) is 11.7 Å². The van der Waals surface area contributed by atoms with Gasteiger partial charge in [-0.15, -0.1) is 0 Å². The number of hydrogen-bond acceptors (Lipinski definition) is 7. The second-order valence-electron chi connectivity index (χ2n) is 7.62. The van der Waals surface area contributed by atoms with Crippen molar-refractivity contribution in [2.75, 3.05) is 5.32 Å². The van der Waals surface area contributed by atoms with Crippen LogP contribution < -0.4 is 11.1 Å². The molecule has 1 aromatic heterocycles. The van der Waals surface area contributed by atoms with Crippen molar-refractivity contribution in [2.45, 2.75) is 13.0 Å². The molecule has 0 fully saturated rings. The lowest BCUT2D eigenvalue weighted by molar-refractivity contribution is -0.113. The number of nitrogens with two attached hydrogens (primary N) is 1. The molecule has 34 heavy (non-hydrogen) atoms. The Hall–Kier alpha value is -3.93. The molecule has 0 bridgehead atoms. The first-order valence-electron chi connectivity index (χ1n) is 10.3. The van der Waals surface area contributed by atoms with E-state index in [0.717, 1.165) is 5.56 Å². The number of hydrogen-bond donors (Lipinski definition) is 2. The molecule has 2 aromatic carbocycles. The summed E-state index contributed by atoms with van der Waals surface area (Å²) in [5.41, 5.74) is 8.73. The Morgan fingerprint density at radius 1 is 1.18 bits per heavy atom. The Kier molecular flexibility index (Phi) is 5.65. The zero-order valence-corrected chi connectivity index (χ0v) is 19.5. The molecule has 2 aliphatic heterocycles. The maximum Gasteiger partial charge on any atom is 0.256 e. The number of anilines is 1. The van der Waals surface area contributed by atoms with Crippen molar-refractivity contribution in [1.82, 2.24) is 4.90 Å². The Labute approximate surface area is 205 Å². The third-order valence-corrected chi connectivity index (χ3v) is 6.71. The fourth-order valence-corrected chi connectivity index (χ4v) is 4.93. The standard InChI is InChI=1S/C25H18ClN5O2S/c1-14-21(24(32)30-17-5-3-2-4-6-17)22(31-23(28)20(13-27)34-25(31)29-14)19-12-11-18(33-19)15-7-9-16(26)10-8-15/h2-12,22H,28H2,1H3,(H,30,32)/t22-/m1/s1. The van der Waals surface area contributed by atoms with Crippen molar-refractivity contribution in [3.05, 3.63) is 99.5 Å². The van der Waals surface area contributed by atoms with Gasteiger partial charge < -0.3 is 15.5 Å². The molecule has 0 aliphatic carbocycles. The van der Waals surface area contributed by atoms with Crippen LogP contribution in [0, 0.1) is 11.3 Å². The molecular weight excluding hydrogens is 470 g/mol. The van der Waals surface area contributed by atoms with E-state index in [0.29, 0.717) is 43.6 Å². The summed E-state index contributed by atoms with van der Waals surface area (Å²) in [6, 6.07) is 21.5. The highest BCUT2D eigenvalue weighted by atomic mass is 35.5. The van der Waals surface area contributed by atoms with Gasteiger partial charge in [0.15, 0.2) is 5.17 Å². The van der Waals surface area contributed by atoms with E-state index in [1.807, 2.05) is 42.5 Å². The molecular formula is C25H18ClN5O2S. The number of nitrogens with one attached hydrogen (secondary N) is 1. The van der Waals surface area contributed by atoms with Gasteiger partial charge in [-0.25, -0.2) is 4.99 Å². The van der Waals surface area contributed by atoms with Crippen LogP contribution in [0.1, 0.15) is 18.7 Å². The van der Waals surface area contributed by atoms with Crippen LogP contribution in [0.4, 0.5) is 5.69 Å². The number of thioether (sulfide) groups is 1. The molecule has 1 atom stereocenters. The molecule has 0 radical (unpaired) electrons. The SMILES string of the molecule is CC1=C(C(=O)Nc2ccccc2)[C@@H](c2ccc(-c3ccc(Cl)cc3)o2)N2C(=N1)SC(C#N)=C2N. The number of allylic oxidation sites excluding steroid dienone is 2. The van der Waals surface area contributed by atoms with Gasteiger partial charge in [-0.05, 0) is 67.2 Å². The van der Waals surface area contributed by atoms with Crippen molar-refractivity contribution < 1.29 is 9.21 Å². The summed E-state index contributed by atoms with van der Waals surface area (Å²) >= 11 is 7.19. The van der Waals surface area contributed by atoms with Crippen LogP contribution in [-0.4, -0.2) is 16.0 Å². The van der Waals surface area contributed by atoms with E-state index in [2.05, 4.69) is 16.4 Å². The minimum absolute atomic E-state index is 0.234. The summed E-state index contributed by atoms with van der Waals surface area (Å²) in [7, 11) is 0. The Morgan fingerprint density at radius 2 is 1.91 bits per heavy atom. The minimum atomic E-state index is -0.699. The molecule has 0 unspecified atom stereocenters. The summed E-state index contributed by atoms with van der Waals surface area (Å²) in [6.45, 7) is 1.77. The number of nitriles is 1. The van der Waals surface area contributed by atoms with Crippen molar-refractivity contribution >= 4 is 40.1 Å². The predicted octanol–water partition coefficient (Wildman–Crippen LogP) is 5.62. The number of amidine groups is 1. The third kappa shape index (κ3) is 3.85. The normalized spacial score (nSPS) is 17.4. The maximum absolute atomic E-state index is 13.5. The van der Waals surface area contributed by atoms with Gasteiger partial charge in [-0.2, -0.15) is 5.26 Å². The quantitative estimate of drug-likeness (QED) is 0.494. The van der Waals surface area contributed by atoms with Crippen molar-refractivity contribution in [3.8, 4) is 17.4 Å². The molecule has 0 saturated carbocycles. The number of carbonyl (C=O) groups is 1. The molecule has 9 heteroatoms. The molecule has 7 nitrogen and oxygen atoms in total. The first-order valence-corrected chi connectivity index (χ1v) is 11.5. The van der Waals surface area contributed by atoms with Crippen molar-refractivity contribution in [1.29, 1.82) is 5.26 Å². The van der Waals surface area contributed by atoms with Crippen LogP contribution >= 0.6 is 23.4 Å². The molecule has 1 amide bonds. The van der Waals surface area contributed by atoms with Gasteiger partial charge in [-0.1, -0.05) is 29.8 Å². The summed E-state index contributed by atoms with van der Waals surface area (Å²) in [6.07, 6.45) is 0. The Bertz CT molecular complexity index is 1420. The van der Waals surface area contributed by atoms with E-state index in [1.165, 1.54) is 11.8 Å². The predicted molar refractivity (Wildman–Crippen MR) is 133 cm³/mol. The van der Waals surface area contributed by atoms with Crippen LogP contribution in [0.5, 0.6) is 0 Å². The molecule has 168 valence electrons. The monoisotopic (exact) mass is 487 g/mol. The van der Waals surface area contributed by atoms with Gasteiger partial charge in [0, 0.05) is 16.3 Å². The summed E-state index contributed by atoms with van der Waals surface area (Å²) in [5, 5.41) is 13.6. The first-order chi connectivity index (χ1) is 16.5. The van der Waals surface area contributed by atoms with Crippen molar-refractivity contribution in [2.24, 2.45) is 10.7 Å². The number of nitrogens with zero attached hydrogens (tertiary/aromatic N) is 3. The maximum atomic E-state index is 13.5. The van der Waals surface area contributed by atoms with Gasteiger partial charge in [0.05, 0.1) is 11.3 Å². The molecule has 0 saturated heterocycles. The summed E-state index contributed by atoms with van der Waals surface area (Å²) in [4.78, 5) is 20.1. The number of carbonyl (C=O) groups excluding carboxylic acids is 1. The highest BCUT2D eigenvalue weighted by Gasteiger charge is 2.43. The molecule has 3 aromatic rings. The van der Waals surface area contributed by atoms with Crippen LogP contribution in [0.3, 0.4) is 0 Å². The zero-order chi connectivity index (χ0) is 23.8. The first kappa shape index (κ1) is 21.9. The molecule has 3 N–H and O–H groups in total. The third-order valence-electron chi connectivity index (χ3n) is 5.48. The van der Waals surface area contributed by atoms with E-state index < -0.39 is 6.04 Å². The Balaban J connectivity index is 1.59. The number of benzene rings is 2. The number of furan rings is 1. The highest BCUT2D eigenvalue weighted by Crippen LogP contribution is 2.46. The number of halogens is 1. The molecule has 2 aliphatic rings. The fraction of sp³-hybridized carbons (Fsp3) is 0.0800. The average molecular weight is 488 g/mol. The van der Waals surface area contributed by atoms with Crippen LogP contribution in [0.25, 0.3) is 11.3 Å². The molecule has 5 rings (SSSR count). The summed E-state index contributed by atoms with van der Waals surface area (Å²) < 4.78 is 6.23. The smallest absolute Gasteiger partial charge is 0.256 e. The van der Waals surface area contributed by atoms with Gasteiger partial charge in [-0.3, -0.25) is 9.69 Å². The summed E-state index contributed by atoms with van der Waals surface area (Å²) in [5.74, 6) is 1.02. The van der Waals surface area contributed by atoms with Gasteiger partial charge in [0.2, 0.25) is 0 Å². The number of amides is 1. The fourth-order valence-electron chi connectivity index (χ4n) is 3.89. The second-order valence-corrected chi connectivity index (χ2v) is 9.04. The number of fused-ring (bicyclic) bond motifs is 1. The molecule has 0 spiro atoms. The number of rotatable bonds is 4. The van der Waals surface area contributed by atoms with Crippen LogP contribution in [-0.2, 0) is 4.79 Å². The topological polar surface area (TPSA) is 108 Å². The lowest BCUT2D eigenvalue weighted by Crippen LogP contribution is -2.39.